The predicted octanol–water partition coefficient (Wildman–Crippen LogP) is 2.73. The molecular weight excluding hydrogens is 353 g/mol. The van der Waals surface area contributed by atoms with E-state index in [0.717, 1.165) is 18.0 Å². The predicted molar refractivity (Wildman–Crippen MR) is 84.4 cm³/mol. The number of methoxy groups -OCH3 is 1. The van der Waals surface area contributed by atoms with Crippen LogP contribution >= 0.6 is 22.6 Å². The topological polar surface area (TPSA) is 39.1 Å². The molecule has 1 aromatic heterocycles. The van der Waals surface area contributed by atoms with E-state index in [1.165, 1.54) is 9.13 Å². The minimum atomic E-state index is 0.0838. The van der Waals surface area contributed by atoms with Crippen molar-refractivity contribution in [3.63, 3.8) is 0 Å². The fourth-order valence-electron chi connectivity index (χ4n) is 2.18. The van der Waals surface area contributed by atoms with Crippen LogP contribution in [-0.4, -0.2) is 23.4 Å². The molecule has 0 saturated heterocycles. The van der Waals surface area contributed by atoms with Gasteiger partial charge in [0.15, 0.2) is 5.75 Å². The molecule has 1 unspecified atom stereocenters. The van der Waals surface area contributed by atoms with E-state index in [0.29, 0.717) is 0 Å². The van der Waals surface area contributed by atoms with Gasteiger partial charge >= 0.3 is 0 Å². The molecule has 0 aliphatic heterocycles. The minimum Gasteiger partial charge on any atom is -0.493 e. The largest absolute Gasteiger partial charge is 0.493 e. The van der Waals surface area contributed by atoms with Crippen molar-refractivity contribution in [3.8, 4) is 5.75 Å². The summed E-state index contributed by atoms with van der Waals surface area (Å²) in [4.78, 5) is 0. The van der Waals surface area contributed by atoms with Gasteiger partial charge in [-0.15, -0.1) is 0 Å². The first kappa shape index (κ1) is 14.3. The highest BCUT2D eigenvalue weighted by Crippen LogP contribution is 2.31. The van der Waals surface area contributed by atoms with Crippen molar-refractivity contribution in [1.82, 2.24) is 15.1 Å². The summed E-state index contributed by atoms with van der Waals surface area (Å²) < 4.78 is 8.53. The molecule has 1 heterocycles. The van der Waals surface area contributed by atoms with Crippen LogP contribution < -0.4 is 10.1 Å². The SMILES string of the molecule is CCNC(c1ccccc1I)c1c(OC)cnn1C. The molecule has 0 bridgehead atoms. The van der Waals surface area contributed by atoms with E-state index in [9.17, 15) is 0 Å². The van der Waals surface area contributed by atoms with Gasteiger partial charge in [-0.2, -0.15) is 5.10 Å². The van der Waals surface area contributed by atoms with Gasteiger partial charge in [-0.3, -0.25) is 4.68 Å². The number of nitrogens with one attached hydrogen (secondary N) is 1. The van der Waals surface area contributed by atoms with Gasteiger partial charge in [0.2, 0.25) is 0 Å². The van der Waals surface area contributed by atoms with Crippen LogP contribution in [0.2, 0.25) is 0 Å². The average molecular weight is 371 g/mol. The first-order valence-electron chi connectivity index (χ1n) is 6.22. The van der Waals surface area contributed by atoms with Gasteiger partial charge in [-0.1, -0.05) is 25.1 Å². The quantitative estimate of drug-likeness (QED) is 0.822. The molecule has 4 nitrogen and oxygen atoms in total. The molecule has 0 spiro atoms. The van der Waals surface area contributed by atoms with Crippen molar-refractivity contribution in [1.29, 1.82) is 0 Å². The van der Waals surface area contributed by atoms with Gasteiger partial charge in [0, 0.05) is 10.6 Å². The highest BCUT2D eigenvalue weighted by atomic mass is 127. The molecule has 102 valence electrons. The Morgan fingerprint density at radius 1 is 1.42 bits per heavy atom. The molecule has 19 heavy (non-hydrogen) atoms. The van der Waals surface area contributed by atoms with Crippen LogP contribution in [0.3, 0.4) is 0 Å². The summed E-state index contributed by atoms with van der Waals surface area (Å²) in [6.07, 6.45) is 1.76. The van der Waals surface area contributed by atoms with Crippen molar-refractivity contribution in [2.45, 2.75) is 13.0 Å². The Hall–Kier alpha value is -1.08. The lowest BCUT2D eigenvalue weighted by Crippen LogP contribution is -2.25. The molecule has 1 atom stereocenters. The summed E-state index contributed by atoms with van der Waals surface area (Å²) >= 11 is 2.37. The lowest BCUT2D eigenvalue weighted by molar-refractivity contribution is 0.401. The zero-order chi connectivity index (χ0) is 13.8. The van der Waals surface area contributed by atoms with Crippen LogP contribution in [0.4, 0.5) is 0 Å². The number of benzene rings is 1. The van der Waals surface area contributed by atoms with E-state index >= 15 is 0 Å². The lowest BCUT2D eigenvalue weighted by atomic mass is 10.0. The van der Waals surface area contributed by atoms with E-state index in [-0.39, 0.29) is 6.04 Å². The van der Waals surface area contributed by atoms with Gasteiger partial charge in [-0.05, 0) is 40.8 Å². The number of hydrogen-bond donors (Lipinski definition) is 1. The molecule has 2 aromatic rings. The van der Waals surface area contributed by atoms with Crippen LogP contribution in [0.15, 0.2) is 30.5 Å². The Morgan fingerprint density at radius 3 is 2.79 bits per heavy atom. The number of halogens is 1. The molecule has 0 radical (unpaired) electrons. The lowest BCUT2D eigenvalue weighted by Gasteiger charge is -2.21. The Bertz CT molecular complexity index is 553. The fourth-order valence-corrected chi connectivity index (χ4v) is 2.88. The summed E-state index contributed by atoms with van der Waals surface area (Å²) in [7, 11) is 3.62. The van der Waals surface area contributed by atoms with Crippen LogP contribution in [0.25, 0.3) is 0 Å². The van der Waals surface area contributed by atoms with Crippen molar-refractivity contribution in [2.24, 2.45) is 7.05 Å². The third-order valence-electron chi connectivity index (χ3n) is 3.07. The average Bonchev–Trinajstić information content (AvgIpc) is 2.78. The number of nitrogens with zero attached hydrogens (tertiary/aromatic N) is 2. The maximum Gasteiger partial charge on any atom is 0.161 e. The van der Waals surface area contributed by atoms with Crippen LogP contribution in [0.5, 0.6) is 5.75 Å². The molecule has 5 heteroatoms. The molecular formula is C14H18IN3O. The van der Waals surface area contributed by atoms with E-state index < -0.39 is 0 Å². The van der Waals surface area contributed by atoms with Gasteiger partial charge in [0.1, 0.15) is 5.69 Å². The number of rotatable bonds is 5. The Morgan fingerprint density at radius 2 is 2.16 bits per heavy atom. The highest BCUT2D eigenvalue weighted by Gasteiger charge is 2.23. The second-order valence-electron chi connectivity index (χ2n) is 4.23. The number of aryl methyl sites for hydroxylation is 1. The van der Waals surface area contributed by atoms with E-state index in [1.54, 1.807) is 13.3 Å². The standard InChI is InChI=1S/C14H18IN3O/c1-4-16-13(10-7-5-6-8-11(10)15)14-12(19-3)9-17-18(14)2/h5-9,13,16H,4H2,1-3H3. The molecule has 0 fully saturated rings. The third-order valence-corrected chi connectivity index (χ3v) is 4.05. The van der Waals surface area contributed by atoms with Crippen molar-refractivity contribution >= 4 is 22.6 Å². The molecule has 0 aliphatic carbocycles. The second-order valence-corrected chi connectivity index (χ2v) is 5.40. The molecule has 0 aliphatic rings. The normalized spacial score (nSPS) is 12.4. The number of hydrogen-bond acceptors (Lipinski definition) is 3. The Labute approximate surface area is 127 Å². The Balaban J connectivity index is 2.51. The zero-order valence-corrected chi connectivity index (χ0v) is 13.5. The van der Waals surface area contributed by atoms with Crippen LogP contribution in [0.1, 0.15) is 24.2 Å². The third kappa shape index (κ3) is 2.92. The molecule has 0 amide bonds. The molecule has 2 rings (SSSR count). The Kier molecular flexibility index (Phi) is 4.81. The summed E-state index contributed by atoms with van der Waals surface area (Å²) in [6.45, 7) is 2.98. The van der Waals surface area contributed by atoms with Crippen LogP contribution in [0, 0.1) is 3.57 Å². The first-order chi connectivity index (χ1) is 9.19. The zero-order valence-electron chi connectivity index (χ0n) is 11.4. The first-order valence-corrected chi connectivity index (χ1v) is 7.30. The smallest absolute Gasteiger partial charge is 0.161 e. The van der Waals surface area contributed by atoms with Crippen molar-refractivity contribution in [3.05, 3.63) is 45.3 Å². The summed E-state index contributed by atoms with van der Waals surface area (Å²) in [5.74, 6) is 0.813. The van der Waals surface area contributed by atoms with Gasteiger partial charge in [-0.25, -0.2) is 0 Å². The molecule has 1 aromatic carbocycles. The molecule has 1 N–H and O–H groups in total. The number of ether oxygens (including phenoxy) is 1. The van der Waals surface area contributed by atoms with Gasteiger partial charge in [0.05, 0.1) is 19.3 Å². The van der Waals surface area contributed by atoms with Crippen molar-refractivity contribution < 1.29 is 4.74 Å². The second kappa shape index (κ2) is 6.38. The minimum absolute atomic E-state index is 0.0838. The summed E-state index contributed by atoms with van der Waals surface area (Å²) in [5.41, 5.74) is 2.29. The van der Waals surface area contributed by atoms with Gasteiger partial charge < -0.3 is 10.1 Å². The fraction of sp³-hybridized carbons (Fsp3) is 0.357. The van der Waals surface area contributed by atoms with E-state index in [1.807, 2.05) is 11.7 Å². The van der Waals surface area contributed by atoms with Gasteiger partial charge in [0.25, 0.3) is 0 Å². The van der Waals surface area contributed by atoms with Crippen molar-refractivity contribution in [2.75, 3.05) is 13.7 Å². The van der Waals surface area contributed by atoms with Crippen LogP contribution in [-0.2, 0) is 7.05 Å². The monoisotopic (exact) mass is 371 g/mol. The summed E-state index contributed by atoms with van der Waals surface area (Å²) in [6, 6.07) is 8.45. The van der Waals surface area contributed by atoms with E-state index in [2.05, 4.69) is 64.2 Å². The maximum atomic E-state index is 5.43. The summed E-state index contributed by atoms with van der Waals surface area (Å²) in [5, 5.41) is 7.81. The maximum absolute atomic E-state index is 5.43. The van der Waals surface area contributed by atoms with E-state index in [4.69, 9.17) is 4.74 Å². The molecule has 0 saturated carbocycles. The highest BCUT2D eigenvalue weighted by molar-refractivity contribution is 14.1. The number of aromatic nitrogens is 2.